The van der Waals surface area contributed by atoms with Crippen LogP contribution >= 0.6 is 11.6 Å². The molecule has 1 heterocycles. The summed E-state index contributed by atoms with van der Waals surface area (Å²) in [7, 11) is 1.27. The molecule has 0 spiro atoms. The molecule has 4 amide bonds. The topological polar surface area (TPSA) is 91.0 Å². The molecule has 0 radical (unpaired) electrons. The molecule has 3 rings (SSSR count). The first kappa shape index (κ1) is 24.4. The molecular weight excluding hydrogens is 444 g/mol. The Morgan fingerprint density at radius 2 is 1.85 bits per heavy atom. The number of urea groups is 2. The van der Waals surface area contributed by atoms with Crippen molar-refractivity contribution in [2.75, 3.05) is 19.0 Å². The van der Waals surface area contributed by atoms with Crippen LogP contribution in [-0.2, 0) is 16.1 Å². The van der Waals surface area contributed by atoms with Gasteiger partial charge in [0.25, 0.3) is 0 Å². The Labute approximate surface area is 198 Å². The standard InChI is InChI=1S/C24H29ClN4O4/c1-15(2)18-6-5-7-20(12-18)26-22-27-23(31)29(13-16(3)21(30)33-4)24(32)28(22)14-17-8-10-19(25)11-9-17/h5-12,15-16,22,26H,13-14H2,1-4H3,(H,27,31)/t16-,22?/m0/s1. The Kier molecular flexibility index (Phi) is 7.81. The maximum atomic E-state index is 13.4. The number of ether oxygens (including phenoxy) is 1. The summed E-state index contributed by atoms with van der Waals surface area (Å²) in [5.74, 6) is -0.824. The van der Waals surface area contributed by atoms with Gasteiger partial charge in [-0.2, -0.15) is 0 Å². The molecule has 2 aromatic carbocycles. The lowest BCUT2D eigenvalue weighted by Crippen LogP contribution is -2.67. The number of methoxy groups -OCH3 is 1. The van der Waals surface area contributed by atoms with Crippen LogP contribution in [0, 0.1) is 5.92 Å². The van der Waals surface area contributed by atoms with Crippen molar-refractivity contribution in [1.29, 1.82) is 0 Å². The van der Waals surface area contributed by atoms with Crippen molar-refractivity contribution in [1.82, 2.24) is 15.1 Å². The number of rotatable bonds is 8. The van der Waals surface area contributed by atoms with E-state index in [1.807, 2.05) is 36.4 Å². The van der Waals surface area contributed by atoms with Gasteiger partial charge in [-0.3, -0.25) is 15.0 Å². The number of imide groups is 1. The monoisotopic (exact) mass is 472 g/mol. The molecule has 0 bridgehead atoms. The lowest BCUT2D eigenvalue weighted by molar-refractivity contribution is -0.145. The molecular formula is C24H29ClN4O4. The maximum absolute atomic E-state index is 13.4. The first-order valence-corrected chi connectivity index (χ1v) is 11.1. The molecule has 2 atom stereocenters. The second kappa shape index (κ2) is 10.6. The van der Waals surface area contributed by atoms with Crippen molar-refractivity contribution in [2.24, 2.45) is 5.92 Å². The molecule has 1 aliphatic heterocycles. The van der Waals surface area contributed by atoms with Gasteiger partial charge >= 0.3 is 18.0 Å². The number of nitrogens with one attached hydrogen (secondary N) is 2. The Morgan fingerprint density at radius 1 is 1.15 bits per heavy atom. The highest BCUT2D eigenvalue weighted by atomic mass is 35.5. The molecule has 33 heavy (non-hydrogen) atoms. The second-order valence-corrected chi connectivity index (χ2v) is 8.78. The Bertz CT molecular complexity index is 1010. The molecule has 0 aromatic heterocycles. The van der Waals surface area contributed by atoms with Gasteiger partial charge in [0.05, 0.1) is 19.6 Å². The third-order valence-electron chi connectivity index (χ3n) is 5.48. The fraction of sp³-hybridized carbons (Fsp3) is 0.375. The van der Waals surface area contributed by atoms with E-state index in [0.29, 0.717) is 10.9 Å². The Morgan fingerprint density at radius 3 is 2.48 bits per heavy atom. The minimum atomic E-state index is -0.784. The van der Waals surface area contributed by atoms with Crippen molar-refractivity contribution >= 4 is 35.3 Å². The zero-order valence-corrected chi connectivity index (χ0v) is 19.9. The predicted octanol–water partition coefficient (Wildman–Crippen LogP) is 4.62. The fourth-order valence-corrected chi connectivity index (χ4v) is 3.67. The van der Waals surface area contributed by atoms with Gasteiger partial charge in [0.15, 0.2) is 6.29 Å². The van der Waals surface area contributed by atoms with Crippen molar-refractivity contribution in [3.63, 3.8) is 0 Å². The number of halogens is 1. The molecule has 176 valence electrons. The van der Waals surface area contributed by atoms with Crippen LogP contribution in [0.15, 0.2) is 48.5 Å². The molecule has 0 saturated carbocycles. The highest BCUT2D eigenvalue weighted by Gasteiger charge is 2.39. The van der Waals surface area contributed by atoms with Gasteiger partial charge < -0.3 is 10.1 Å². The van der Waals surface area contributed by atoms with Crippen LogP contribution in [-0.4, -0.2) is 47.8 Å². The second-order valence-electron chi connectivity index (χ2n) is 8.35. The van der Waals surface area contributed by atoms with Crippen molar-refractivity contribution in [3.8, 4) is 0 Å². The van der Waals surface area contributed by atoms with E-state index in [1.165, 1.54) is 12.0 Å². The maximum Gasteiger partial charge on any atom is 0.331 e. The lowest BCUT2D eigenvalue weighted by atomic mass is 10.0. The molecule has 2 N–H and O–H groups in total. The first-order valence-electron chi connectivity index (χ1n) is 10.8. The van der Waals surface area contributed by atoms with Gasteiger partial charge in [-0.05, 0) is 41.3 Å². The predicted molar refractivity (Wildman–Crippen MR) is 127 cm³/mol. The van der Waals surface area contributed by atoms with Gasteiger partial charge in [0, 0.05) is 17.3 Å². The van der Waals surface area contributed by atoms with Crippen LogP contribution in [0.5, 0.6) is 0 Å². The van der Waals surface area contributed by atoms with E-state index >= 15 is 0 Å². The van der Waals surface area contributed by atoms with E-state index in [-0.39, 0.29) is 13.1 Å². The van der Waals surface area contributed by atoms with E-state index in [2.05, 4.69) is 24.5 Å². The van der Waals surface area contributed by atoms with Gasteiger partial charge in [0.2, 0.25) is 0 Å². The van der Waals surface area contributed by atoms with Crippen LogP contribution in [0.4, 0.5) is 15.3 Å². The third-order valence-corrected chi connectivity index (χ3v) is 5.73. The molecule has 8 nitrogen and oxygen atoms in total. The summed E-state index contributed by atoms with van der Waals surface area (Å²) >= 11 is 6.00. The lowest BCUT2D eigenvalue weighted by Gasteiger charge is -2.42. The number of carbonyl (C=O) groups excluding carboxylic acids is 3. The summed E-state index contributed by atoms with van der Waals surface area (Å²) in [4.78, 5) is 40.6. The fourth-order valence-electron chi connectivity index (χ4n) is 3.54. The van der Waals surface area contributed by atoms with E-state index < -0.39 is 30.2 Å². The van der Waals surface area contributed by atoms with Gasteiger partial charge in [-0.25, -0.2) is 14.5 Å². The van der Waals surface area contributed by atoms with E-state index in [4.69, 9.17) is 16.3 Å². The average Bonchev–Trinajstić information content (AvgIpc) is 2.79. The minimum absolute atomic E-state index is 0.0932. The summed E-state index contributed by atoms with van der Waals surface area (Å²) in [6.07, 6.45) is -0.784. The number of hydrogen-bond acceptors (Lipinski definition) is 5. The highest BCUT2D eigenvalue weighted by Crippen LogP contribution is 2.23. The summed E-state index contributed by atoms with van der Waals surface area (Å²) in [5, 5.41) is 6.68. The van der Waals surface area contributed by atoms with Crippen LogP contribution in [0.3, 0.4) is 0 Å². The van der Waals surface area contributed by atoms with Crippen molar-refractivity contribution < 1.29 is 19.1 Å². The zero-order chi connectivity index (χ0) is 24.1. The summed E-state index contributed by atoms with van der Waals surface area (Å²) < 4.78 is 4.74. The molecule has 1 fully saturated rings. The number of benzene rings is 2. The van der Waals surface area contributed by atoms with Gasteiger partial charge in [0.1, 0.15) is 0 Å². The number of hydrogen-bond donors (Lipinski definition) is 2. The molecule has 2 aromatic rings. The number of anilines is 1. The largest absolute Gasteiger partial charge is 0.469 e. The Hall–Kier alpha value is -3.26. The molecule has 0 aliphatic carbocycles. The SMILES string of the molecule is COC(=O)[C@@H](C)CN1C(=O)NC(Nc2cccc(C(C)C)c2)N(Cc2ccc(Cl)cc2)C1=O. The minimum Gasteiger partial charge on any atom is -0.469 e. The van der Waals surface area contributed by atoms with Crippen LogP contribution < -0.4 is 10.6 Å². The van der Waals surface area contributed by atoms with Gasteiger partial charge in [-0.1, -0.05) is 56.6 Å². The van der Waals surface area contributed by atoms with E-state index in [9.17, 15) is 14.4 Å². The summed E-state index contributed by atoms with van der Waals surface area (Å²) in [6, 6.07) is 13.9. The molecule has 9 heteroatoms. The number of amides is 4. The number of nitrogens with zero attached hydrogens (tertiary/aromatic N) is 2. The van der Waals surface area contributed by atoms with Crippen LogP contribution in [0.1, 0.15) is 37.8 Å². The normalized spacial score (nSPS) is 17.1. The van der Waals surface area contributed by atoms with Crippen LogP contribution in [0.2, 0.25) is 5.02 Å². The third kappa shape index (κ3) is 5.96. The van der Waals surface area contributed by atoms with Gasteiger partial charge in [-0.15, -0.1) is 0 Å². The quantitative estimate of drug-likeness (QED) is 0.547. The zero-order valence-electron chi connectivity index (χ0n) is 19.2. The van der Waals surface area contributed by atoms with E-state index in [0.717, 1.165) is 21.7 Å². The highest BCUT2D eigenvalue weighted by molar-refractivity contribution is 6.30. The molecule has 1 aliphatic rings. The number of esters is 1. The summed E-state index contributed by atoms with van der Waals surface area (Å²) in [5.41, 5.74) is 2.75. The van der Waals surface area contributed by atoms with E-state index in [1.54, 1.807) is 19.1 Å². The van der Waals surface area contributed by atoms with Crippen molar-refractivity contribution in [2.45, 2.75) is 39.5 Å². The first-order chi connectivity index (χ1) is 15.7. The van der Waals surface area contributed by atoms with Crippen LogP contribution in [0.25, 0.3) is 0 Å². The summed E-state index contributed by atoms with van der Waals surface area (Å²) in [6.45, 7) is 5.93. The average molecular weight is 473 g/mol. The molecule has 1 saturated heterocycles. The Balaban J connectivity index is 1.88. The van der Waals surface area contributed by atoms with Crippen molar-refractivity contribution in [3.05, 3.63) is 64.7 Å². The number of carbonyl (C=O) groups is 3. The smallest absolute Gasteiger partial charge is 0.331 e. The molecule has 1 unspecified atom stereocenters.